The third kappa shape index (κ3) is 11.2. The Bertz CT molecular complexity index is 676. The Hall–Kier alpha value is -0.210. The van der Waals surface area contributed by atoms with E-state index in [1.807, 2.05) is 13.8 Å². The molecular formula is C21H30O7S6. The maximum absolute atomic E-state index is 12.3. The van der Waals surface area contributed by atoms with Gasteiger partial charge in [-0.25, -0.2) is 4.79 Å². The monoisotopic (exact) mass is 586 g/mol. The van der Waals surface area contributed by atoms with E-state index in [-0.39, 0.29) is 45.8 Å². The molecule has 4 atom stereocenters. The van der Waals surface area contributed by atoms with Crippen LogP contribution in [0.2, 0.25) is 0 Å². The predicted molar refractivity (Wildman–Crippen MR) is 149 cm³/mol. The highest BCUT2D eigenvalue weighted by Gasteiger charge is 2.31. The van der Waals surface area contributed by atoms with E-state index >= 15 is 0 Å². The van der Waals surface area contributed by atoms with Crippen molar-refractivity contribution in [2.24, 2.45) is 11.8 Å². The molecule has 192 valence electrons. The van der Waals surface area contributed by atoms with E-state index in [0.29, 0.717) is 34.8 Å². The van der Waals surface area contributed by atoms with Crippen LogP contribution in [0.25, 0.3) is 0 Å². The molecule has 0 amide bonds. The van der Waals surface area contributed by atoms with Gasteiger partial charge in [0.05, 0.1) is 13.2 Å². The van der Waals surface area contributed by atoms with Crippen molar-refractivity contribution in [2.75, 3.05) is 37.9 Å². The average molecular weight is 587 g/mol. The fourth-order valence-electron chi connectivity index (χ4n) is 3.38. The van der Waals surface area contributed by atoms with Gasteiger partial charge in [0.15, 0.2) is 10.2 Å². The van der Waals surface area contributed by atoms with Crippen LogP contribution in [0, 0.1) is 11.8 Å². The number of hydrogen-bond acceptors (Lipinski definition) is 13. The highest BCUT2D eigenvalue weighted by atomic mass is 32.2. The Morgan fingerprint density at radius 3 is 1.59 bits per heavy atom. The number of hydrogen-bond donors (Lipinski definition) is 0. The first-order valence-corrected chi connectivity index (χ1v) is 15.7. The molecule has 13 heteroatoms. The Morgan fingerprint density at radius 1 is 0.853 bits per heavy atom. The lowest BCUT2D eigenvalue weighted by atomic mass is 10.0. The minimum atomic E-state index is -0.805. The second-order valence-corrected chi connectivity index (χ2v) is 13.5. The number of ether oxygens (including phenoxy) is 4. The molecule has 2 saturated heterocycles. The maximum Gasteiger partial charge on any atom is 0.508 e. The summed E-state index contributed by atoms with van der Waals surface area (Å²) in [5.41, 5.74) is 0. The Labute approximate surface area is 228 Å². The largest absolute Gasteiger partial charge is 0.508 e. The zero-order valence-electron chi connectivity index (χ0n) is 19.2. The van der Waals surface area contributed by atoms with Crippen molar-refractivity contribution in [1.29, 1.82) is 0 Å². The summed E-state index contributed by atoms with van der Waals surface area (Å²) in [6.45, 7) is 4.69. The molecule has 4 unspecified atom stereocenters. The molecule has 2 aliphatic rings. The summed E-state index contributed by atoms with van der Waals surface area (Å²) in [5, 5.41) is -0.0771. The predicted octanol–water partition coefficient (Wildman–Crippen LogP) is 5.33. The van der Waals surface area contributed by atoms with E-state index in [4.69, 9.17) is 43.4 Å². The molecule has 2 aliphatic heterocycles. The third-order valence-electron chi connectivity index (χ3n) is 5.01. The van der Waals surface area contributed by atoms with Crippen molar-refractivity contribution in [2.45, 2.75) is 50.0 Å². The molecule has 2 heterocycles. The van der Waals surface area contributed by atoms with Gasteiger partial charge in [-0.2, -0.15) is 0 Å². The molecule has 0 radical (unpaired) electrons. The second-order valence-electron chi connectivity index (χ2n) is 7.50. The molecule has 0 bridgehead atoms. The Kier molecular flexibility index (Phi) is 14.6. The standard InChI is InChI=1S/C21H30O7S6/c1-3-25-20(29)33-15(9-13-5-7-31-17(13)22)11-27-19(24)28-12-16(34-21(30)26-4-2)10-14-6-8-32-18(14)23/h13-16H,3-12H2,1-2H3. The van der Waals surface area contributed by atoms with Crippen LogP contribution in [-0.4, -0.2) is 73.6 Å². The van der Waals surface area contributed by atoms with Crippen LogP contribution in [0.3, 0.4) is 0 Å². The van der Waals surface area contributed by atoms with Gasteiger partial charge in [-0.3, -0.25) is 9.59 Å². The van der Waals surface area contributed by atoms with Crippen LogP contribution in [0.1, 0.15) is 39.5 Å². The number of thiocarbonyl (C=S) groups is 2. The van der Waals surface area contributed by atoms with E-state index in [1.54, 1.807) is 0 Å². The lowest BCUT2D eigenvalue weighted by Gasteiger charge is -2.21. The number of rotatable bonds is 12. The summed E-state index contributed by atoms with van der Waals surface area (Å²) in [6, 6.07) is 0. The van der Waals surface area contributed by atoms with Gasteiger partial charge in [-0.15, -0.1) is 0 Å². The number of thioether (sulfide) groups is 4. The third-order valence-corrected chi connectivity index (χ3v) is 9.88. The molecule has 2 rings (SSSR count). The molecule has 7 nitrogen and oxygen atoms in total. The van der Waals surface area contributed by atoms with Crippen LogP contribution in [0.5, 0.6) is 0 Å². The zero-order chi connectivity index (χ0) is 24.9. The first-order chi connectivity index (χ1) is 16.3. The Morgan fingerprint density at radius 2 is 1.26 bits per heavy atom. The lowest BCUT2D eigenvalue weighted by Crippen LogP contribution is -2.25. The van der Waals surface area contributed by atoms with Gasteiger partial charge in [0.1, 0.15) is 13.2 Å². The van der Waals surface area contributed by atoms with Gasteiger partial charge in [-0.1, -0.05) is 47.0 Å². The molecule has 0 aliphatic carbocycles. The average Bonchev–Trinajstić information content (AvgIpc) is 3.38. The van der Waals surface area contributed by atoms with Gasteiger partial charge >= 0.3 is 6.16 Å². The Balaban J connectivity index is 1.86. The molecule has 0 spiro atoms. The van der Waals surface area contributed by atoms with Crippen molar-refractivity contribution in [3.8, 4) is 0 Å². The summed E-state index contributed by atoms with van der Waals surface area (Å²) in [7, 11) is 0. The topological polar surface area (TPSA) is 88.1 Å². The van der Waals surface area contributed by atoms with Crippen molar-refractivity contribution in [1.82, 2.24) is 0 Å². The molecule has 0 aromatic heterocycles. The summed E-state index contributed by atoms with van der Waals surface area (Å²) in [6.07, 6.45) is 1.92. The summed E-state index contributed by atoms with van der Waals surface area (Å²) in [4.78, 5) is 36.4. The van der Waals surface area contributed by atoms with E-state index in [9.17, 15) is 14.4 Å². The van der Waals surface area contributed by atoms with Crippen LogP contribution in [0.15, 0.2) is 0 Å². The fraction of sp³-hybridized carbons (Fsp3) is 0.762. The first-order valence-electron chi connectivity index (χ1n) is 11.1. The van der Waals surface area contributed by atoms with E-state index in [1.165, 1.54) is 47.0 Å². The van der Waals surface area contributed by atoms with Gasteiger partial charge in [0.25, 0.3) is 0 Å². The first kappa shape index (κ1) is 30.0. The van der Waals surface area contributed by atoms with Crippen molar-refractivity contribution in [3.05, 3.63) is 0 Å². The molecular weight excluding hydrogens is 557 g/mol. The van der Waals surface area contributed by atoms with Crippen LogP contribution < -0.4 is 0 Å². The van der Waals surface area contributed by atoms with E-state index < -0.39 is 6.16 Å². The highest BCUT2D eigenvalue weighted by Crippen LogP contribution is 2.34. The normalized spacial score (nSPS) is 21.7. The summed E-state index contributed by atoms with van der Waals surface area (Å²) in [5.74, 6) is 1.47. The van der Waals surface area contributed by atoms with Crippen LogP contribution >= 0.6 is 71.5 Å². The minimum absolute atomic E-state index is 0.0537. The van der Waals surface area contributed by atoms with E-state index in [2.05, 4.69) is 0 Å². The number of carbonyl (C=O) groups is 3. The molecule has 0 saturated carbocycles. The molecule has 0 N–H and O–H groups in total. The van der Waals surface area contributed by atoms with Crippen molar-refractivity contribution < 1.29 is 33.3 Å². The van der Waals surface area contributed by atoms with Gasteiger partial charge in [0.2, 0.25) is 8.77 Å². The van der Waals surface area contributed by atoms with E-state index in [0.717, 1.165) is 24.3 Å². The van der Waals surface area contributed by atoms with Gasteiger partial charge in [-0.05, 0) is 64.0 Å². The maximum atomic E-state index is 12.3. The summed E-state index contributed by atoms with van der Waals surface area (Å²) < 4.78 is 22.2. The quantitative estimate of drug-likeness (QED) is 0.218. The smallest absolute Gasteiger partial charge is 0.479 e. The fourth-order valence-corrected chi connectivity index (χ4v) is 8.38. The SMILES string of the molecule is CCOC(=S)SC(COC(=O)OCC(CC1CCSC1=O)SC(=S)OCC)CC1CCSC1=O. The summed E-state index contributed by atoms with van der Waals surface area (Å²) >= 11 is 15.7. The molecule has 2 fully saturated rings. The van der Waals surface area contributed by atoms with Crippen molar-refractivity contribution >= 4 is 96.6 Å². The second kappa shape index (κ2) is 16.5. The van der Waals surface area contributed by atoms with Crippen LogP contribution in [0.4, 0.5) is 4.79 Å². The number of carbonyl (C=O) groups excluding carboxylic acids is 3. The van der Waals surface area contributed by atoms with Gasteiger partial charge < -0.3 is 18.9 Å². The highest BCUT2D eigenvalue weighted by molar-refractivity contribution is 8.23. The van der Waals surface area contributed by atoms with Crippen molar-refractivity contribution in [3.63, 3.8) is 0 Å². The van der Waals surface area contributed by atoms with Gasteiger partial charge in [0, 0.05) is 33.8 Å². The minimum Gasteiger partial charge on any atom is -0.479 e. The zero-order valence-corrected chi connectivity index (χ0v) is 24.1. The molecule has 0 aromatic carbocycles. The molecule has 34 heavy (non-hydrogen) atoms. The van der Waals surface area contributed by atoms with Crippen LogP contribution in [-0.2, 0) is 28.5 Å². The lowest BCUT2D eigenvalue weighted by molar-refractivity contribution is -0.114. The molecule has 0 aromatic rings.